The van der Waals surface area contributed by atoms with Gasteiger partial charge in [-0.05, 0) is 0 Å². The molecule has 2 N–H and O–H groups in total. The van der Waals surface area contributed by atoms with Gasteiger partial charge in [-0.25, -0.2) is 0 Å². The average molecular weight is 613 g/mol. The topological polar surface area (TPSA) is 67.4 Å². The molecule has 0 bridgehead atoms. The molecule has 35 heavy (non-hydrogen) atoms. The molecule has 2 rings (SSSR count). The third-order valence-electron chi connectivity index (χ3n) is 6.23. The van der Waals surface area contributed by atoms with Gasteiger partial charge in [0.1, 0.15) is 0 Å². The summed E-state index contributed by atoms with van der Waals surface area (Å²) in [7, 11) is 0. The number of alkyl carbamates (subject to hydrolysis) is 1. The minimum atomic E-state index is -2.68. The first-order valence-corrected chi connectivity index (χ1v) is 17.9. The molecule has 5 nitrogen and oxygen atoms in total. The zero-order chi connectivity index (χ0) is 26.5. The molecule has 0 heterocycles. The molecule has 1 unspecified atom stereocenters. The van der Waals surface area contributed by atoms with E-state index in [1.165, 1.54) is 10.6 Å². The first kappa shape index (κ1) is 29.6. The van der Waals surface area contributed by atoms with Crippen molar-refractivity contribution in [1.29, 1.82) is 0 Å². The summed E-state index contributed by atoms with van der Waals surface area (Å²) in [6.07, 6.45) is 0.228. The van der Waals surface area contributed by atoms with Crippen molar-refractivity contribution in [3.63, 3.8) is 0 Å². The molecule has 194 valence electrons. The fourth-order valence-electron chi connectivity index (χ4n) is 4.12. The van der Waals surface area contributed by atoms with Crippen molar-refractivity contribution in [3.8, 4) is 0 Å². The van der Waals surface area contributed by atoms with Crippen LogP contribution in [0.2, 0.25) is 0 Å². The summed E-state index contributed by atoms with van der Waals surface area (Å²) in [5.74, 6) is -0.0624. The second kappa shape index (κ2) is 11.6. The Morgan fingerprint density at radius 1 is 0.857 bits per heavy atom. The zero-order valence-electron chi connectivity index (χ0n) is 22.3. The minimum absolute atomic E-state index is 0.0795. The molecule has 0 radical (unpaired) electrons. The van der Waals surface area contributed by atoms with Crippen LogP contribution in [0.25, 0.3) is 0 Å². The molecule has 2 aromatic rings. The van der Waals surface area contributed by atoms with Gasteiger partial charge in [-0.3, -0.25) is 0 Å². The Morgan fingerprint density at radius 2 is 1.31 bits per heavy atom. The number of nitrogens with one attached hydrogen (secondary N) is 2. The summed E-state index contributed by atoms with van der Waals surface area (Å²) in [6, 6.07) is 20.5. The van der Waals surface area contributed by atoms with Gasteiger partial charge in [-0.15, -0.1) is 0 Å². The van der Waals surface area contributed by atoms with Crippen LogP contribution in [0.5, 0.6) is 0 Å². The number of hydrogen-bond acceptors (Lipinski definition) is 3. The number of carbonyl (C=O) groups excluding carboxylic acids is 2. The Morgan fingerprint density at radius 3 is 1.69 bits per heavy atom. The molecule has 2 atom stereocenters. The second-order valence-electron chi connectivity index (χ2n) is 11.2. The van der Waals surface area contributed by atoms with Gasteiger partial charge in [-0.2, -0.15) is 0 Å². The molecule has 0 saturated carbocycles. The van der Waals surface area contributed by atoms with Crippen LogP contribution in [0.3, 0.4) is 0 Å². The van der Waals surface area contributed by atoms with Gasteiger partial charge in [0.2, 0.25) is 0 Å². The number of halogens is 1. The van der Waals surface area contributed by atoms with Crippen molar-refractivity contribution in [2.75, 3.05) is 12.8 Å². The third kappa shape index (κ3) is 7.91. The van der Waals surface area contributed by atoms with Crippen LogP contribution in [-0.4, -0.2) is 42.5 Å². The van der Waals surface area contributed by atoms with Gasteiger partial charge in [0.05, 0.1) is 0 Å². The number of benzene rings is 2. The van der Waals surface area contributed by atoms with Gasteiger partial charge < -0.3 is 0 Å². The summed E-state index contributed by atoms with van der Waals surface area (Å²) >= 11 is 2.69. The normalized spacial score (nSPS) is 15.1. The molecule has 2 aromatic carbocycles. The predicted octanol–water partition coefficient (Wildman–Crippen LogP) is 5.86. The number of carbonyl (C=O) groups is 2. The van der Waals surface area contributed by atoms with Crippen LogP contribution < -0.4 is 21.2 Å². The number of amides is 2. The van der Waals surface area contributed by atoms with Gasteiger partial charge in [-0.1, -0.05) is 0 Å². The van der Waals surface area contributed by atoms with Crippen molar-refractivity contribution >= 4 is 48.9 Å². The maximum absolute atomic E-state index is 13.5. The SMILES string of the molecule is CC(C)C(NC(=O)OC(C)(C)C)C(=O)N[C@H](CP(C)(I)(c1ccccc1)c1ccccc1)C(C)C. The Labute approximate surface area is 224 Å². The van der Waals surface area contributed by atoms with Crippen LogP contribution in [0.1, 0.15) is 48.5 Å². The Hall–Kier alpha value is -1.66. The second-order valence-corrected chi connectivity index (χ2v) is 23.8. The molecule has 0 saturated heterocycles. The van der Waals surface area contributed by atoms with E-state index in [-0.39, 0.29) is 23.8 Å². The van der Waals surface area contributed by atoms with Gasteiger partial charge in [0.15, 0.2) is 0 Å². The molecule has 7 heteroatoms. The van der Waals surface area contributed by atoms with Crippen molar-refractivity contribution in [3.05, 3.63) is 60.7 Å². The van der Waals surface area contributed by atoms with Crippen LogP contribution >= 0.6 is 26.3 Å². The van der Waals surface area contributed by atoms with Crippen molar-refractivity contribution in [2.24, 2.45) is 11.8 Å². The van der Waals surface area contributed by atoms with Crippen LogP contribution in [0, 0.1) is 11.8 Å². The fourth-order valence-corrected chi connectivity index (χ4v) is 11.4. The summed E-state index contributed by atoms with van der Waals surface area (Å²) in [5, 5.41) is 8.70. The predicted molar refractivity (Wildman–Crippen MR) is 159 cm³/mol. The van der Waals surface area contributed by atoms with Crippen LogP contribution in [0.4, 0.5) is 4.79 Å². The van der Waals surface area contributed by atoms with E-state index in [0.29, 0.717) is 0 Å². The Kier molecular flexibility index (Phi) is 9.80. The third-order valence-corrected chi connectivity index (χ3v) is 15.3. The Balaban J connectivity index is 2.38. The monoisotopic (exact) mass is 612 g/mol. The van der Waals surface area contributed by atoms with Gasteiger partial charge in [0.25, 0.3) is 0 Å². The summed E-state index contributed by atoms with van der Waals surface area (Å²) in [5.41, 5.74) is -0.630. The van der Waals surface area contributed by atoms with E-state index in [9.17, 15) is 9.59 Å². The molecular weight excluding hydrogens is 570 g/mol. The van der Waals surface area contributed by atoms with Gasteiger partial charge >= 0.3 is 225 Å². The van der Waals surface area contributed by atoms with E-state index in [0.717, 1.165) is 6.16 Å². The molecule has 2 amide bonds. The van der Waals surface area contributed by atoms with E-state index in [1.54, 1.807) is 0 Å². The molecule has 0 spiro atoms. The van der Waals surface area contributed by atoms with Crippen LogP contribution in [-0.2, 0) is 9.53 Å². The molecule has 0 aliphatic rings. The summed E-state index contributed by atoms with van der Waals surface area (Å²) in [4.78, 5) is 25.9. The first-order valence-electron chi connectivity index (χ1n) is 12.3. The van der Waals surface area contributed by atoms with E-state index in [2.05, 4.69) is 102 Å². The van der Waals surface area contributed by atoms with Crippen molar-refractivity contribution in [2.45, 2.75) is 66.2 Å². The Bertz CT molecular complexity index is 945. The molecular formula is C28H42IN2O3P. The van der Waals surface area contributed by atoms with Gasteiger partial charge in [0, 0.05) is 0 Å². The molecule has 0 aromatic heterocycles. The zero-order valence-corrected chi connectivity index (χ0v) is 25.4. The first-order chi connectivity index (χ1) is 16.1. The standard InChI is InChI=1S/C28H42IN2O3P/c1-20(2)24(30-26(32)25(21(3)4)31-27(33)34-28(5,6)7)19-35(8,29,22-15-11-9-12-16-22)23-17-13-10-14-18-23/h9-18,20-21,24-25H,19H2,1-8H3,(H,30,32)(H,31,33)/t24-,25?/m1/s1. The van der Waals surface area contributed by atoms with Crippen molar-refractivity contribution in [1.82, 2.24) is 10.6 Å². The van der Waals surface area contributed by atoms with Crippen molar-refractivity contribution < 1.29 is 14.3 Å². The maximum atomic E-state index is 13.5. The number of rotatable bonds is 9. The molecule has 0 fully saturated rings. The number of hydrogen-bond donors (Lipinski definition) is 2. The quantitative estimate of drug-likeness (QED) is 0.276. The average Bonchev–Trinajstić information content (AvgIpc) is 2.77. The van der Waals surface area contributed by atoms with E-state index in [4.69, 9.17) is 4.74 Å². The summed E-state index contributed by atoms with van der Waals surface area (Å²) < 4.78 is 2.73. The summed E-state index contributed by atoms with van der Waals surface area (Å²) in [6.45, 7) is 15.9. The molecule has 0 aliphatic heterocycles. The molecule has 0 aliphatic carbocycles. The van der Waals surface area contributed by atoms with Crippen LogP contribution in [0.15, 0.2) is 60.7 Å². The van der Waals surface area contributed by atoms with E-state index >= 15 is 0 Å². The van der Waals surface area contributed by atoms with E-state index in [1.807, 2.05) is 46.8 Å². The van der Waals surface area contributed by atoms with E-state index < -0.39 is 22.0 Å². The fraction of sp³-hybridized carbons (Fsp3) is 0.500. The number of ether oxygens (including phenoxy) is 1.